The minimum absolute atomic E-state index is 0.507. The van der Waals surface area contributed by atoms with Crippen molar-refractivity contribution in [3.63, 3.8) is 0 Å². The first kappa shape index (κ1) is 12.6. The number of hydrogen-bond acceptors (Lipinski definition) is 2. The van der Waals surface area contributed by atoms with Gasteiger partial charge in [0.15, 0.2) is 0 Å². The lowest BCUT2D eigenvalue weighted by molar-refractivity contribution is -0.620. The summed E-state index contributed by atoms with van der Waals surface area (Å²) >= 11 is 1.87. The van der Waals surface area contributed by atoms with E-state index in [1.165, 1.54) is 51.6 Å². The van der Waals surface area contributed by atoms with Crippen LogP contribution in [-0.2, 0) is 0 Å². The van der Waals surface area contributed by atoms with Crippen LogP contribution in [0.3, 0.4) is 0 Å². The van der Waals surface area contributed by atoms with Crippen molar-refractivity contribution in [1.29, 1.82) is 0 Å². The Balaban J connectivity index is 1.71. The van der Waals surface area contributed by atoms with Crippen LogP contribution in [0.5, 0.6) is 0 Å². The summed E-state index contributed by atoms with van der Waals surface area (Å²) in [6.45, 7) is 7.61. The smallest absolute Gasteiger partial charge is 0.246 e. The van der Waals surface area contributed by atoms with Gasteiger partial charge in [-0.15, -0.1) is 0 Å². The molecule has 0 aromatic rings. The van der Waals surface area contributed by atoms with Gasteiger partial charge in [-0.2, -0.15) is 0 Å². The van der Waals surface area contributed by atoms with E-state index in [2.05, 4.69) is 35.3 Å². The molecule has 106 valence electrons. The van der Waals surface area contributed by atoms with Crippen molar-refractivity contribution in [3.05, 3.63) is 0 Å². The van der Waals surface area contributed by atoms with E-state index in [0.717, 1.165) is 5.92 Å². The Morgan fingerprint density at radius 1 is 1.11 bits per heavy atom. The molecule has 5 aliphatic rings. The van der Waals surface area contributed by atoms with Crippen molar-refractivity contribution in [2.75, 3.05) is 19.3 Å². The summed E-state index contributed by atoms with van der Waals surface area (Å²) in [6.07, 6.45) is 13.5. The Labute approximate surface area is 121 Å². The second-order valence-electron chi connectivity index (χ2n) is 8.49. The van der Waals surface area contributed by atoms with Crippen LogP contribution in [0, 0.1) is 16.7 Å². The second kappa shape index (κ2) is 3.72. The first-order chi connectivity index (χ1) is 8.94. The van der Waals surface area contributed by atoms with E-state index < -0.39 is 0 Å². The molecular weight excluding hydrogens is 252 g/mol. The summed E-state index contributed by atoms with van der Waals surface area (Å²) in [7, 11) is 0. The minimum Gasteiger partial charge on any atom is -0.258 e. The van der Waals surface area contributed by atoms with E-state index in [1.54, 1.807) is 0 Å². The fourth-order valence-corrected chi connectivity index (χ4v) is 7.16. The fourth-order valence-electron chi connectivity index (χ4n) is 6.68. The van der Waals surface area contributed by atoms with Crippen molar-refractivity contribution < 1.29 is 4.58 Å². The third kappa shape index (κ3) is 1.80. The van der Waals surface area contributed by atoms with Crippen molar-refractivity contribution in [2.45, 2.75) is 57.9 Å². The largest absolute Gasteiger partial charge is 0.258 e. The standard InChI is InChI=1S/C16H27N2S/c1-14-6-13-7-15(2,9-14)11-16(8-13,10-14)17-4-5-18(12-17)19-3/h12-13H,4-11H2,1-3H3/q+1. The van der Waals surface area contributed by atoms with Gasteiger partial charge < -0.3 is 0 Å². The van der Waals surface area contributed by atoms with Crippen molar-refractivity contribution in [2.24, 2.45) is 16.7 Å². The van der Waals surface area contributed by atoms with Gasteiger partial charge in [-0.3, -0.25) is 4.58 Å². The molecule has 0 saturated heterocycles. The van der Waals surface area contributed by atoms with Gasteiger partial charge in [-0.05, 0) is 55.3 Å². The SMILES string of the molecule is CSN1C=[N+](C23CC4CC(C)(CC(C)(C4)C2)C3)CC1. The van der Waals surface area contributed by atoms with E-state index in [1.807, 2.05) is 11.9 Å². The van der Waals surface area contributed by atoms with E-state index in [4.69, 9.17) is 0 Å². The number of hydrogen-bond donors (Lipinski definition) is 0. The molecule has 4 bridgehead atoms. The predicted octanol–water partition coefficient (Wildman–Crippen LogP) is 3.37. The predicted molar refractivity (Wildman–Crippen MR) is 81.5 cm³/mol. The van der Waals surface area contributed by atoms with Gasteiger partial charge >= 0.3 is 0 Å². The summed E-state index contributed by atoms with van der Waals surface area (Å²) in [5.74, 6) is 1.00. The van der Waals surface area contributed by atoms with E-state index in [-0.39, 0.29) is 0 Å². The molecule has 0 N–H and O–H groups in total. The third-order valence-electron chi connectivity index (χ3n) is 6.27. The van der Waals surface area contributed by atoms with Crippen LogP contribution < -0.4 is 0 Å². The molecule has 2 atom stereocenters. The van der Waals surface area contributed by atoms with Crippen LogP contribution in [0.15, 0.2) is 0 Å². The highest BCUT2D eigenvalue weighted by atomic mass is 32.2. The molecule has 4 saturated carbocycles. The van der Waals surface area contributed by atoms with E-state index in [9.17, 15) is 0 Å². The minimum atomic E-state index is 0.507. The van der Waals surface area contributed by atoms with Crippen molar-refractivity contribution in [1.82, 2.24) is 4.31 Å². The molecule has 2 unspecified atom stereocenters. The van der Waals surface area contributed by atoms with Crippen molar-refractivity contribution in [3.8, 4) is 0 Å². The zero-order chi connectivity index (χ0) is 13.3. The summed E-state index contributed by atoms with van der Waals surface area (Å²) in [4.78, 5) is 0. The highest BCUT2D eigenvalue weighted by Crippen LogP contribution is 2.67. The highest BCUT2D eigenvalue weighted by molar-refractivity contribution is 7.96. The average Bonchev–Trinajstić information content (AvgIpc) is 2.72. The van der Waals surface area contributed by atoms with E-state index >= 15 is 0 Å². The highest BCUT2D eigenvalue weighted by Gasteiger charge is 2.63. The molecule has 19 heavy (non-hydrogen) atoms. The molecular formula is C16H27N2S+. The molecule has 0 spiro atoms. The molecule has 0 radical (unpaired) electrons. The summed E-state index contributed by atoms with van der Waals surface area (Å²) in [5.41, 5.74) is 1.77. The first-order valence-electron chi connectivity index (χ1n) is 7.87. The summed E-state index contributed by atoms with van der Waals surface area (Å²) in [5, 5.41) is 0. The lowest BCUT2D eigenvalue weighted by atomic mass is 9.42. The monoisotopic (exact) mass is 279 g/mol. The van der Waals surface area contributed by atoms with Crippen LogP contribution in [0.2, 0.25) is 0 Å². The zero-order valence-corrected chi connectivity index (χ0v) is 13.4. The molecule has 5 rings (SSSR count). The number of rotatable bonds is 2. The summed E-state index contributed by atoms with van der Waals surface area (Å²) in [6, 6.07) is 0. The lowest BCUT2D eigenvalue weighted by Crippen LogP contribution is -2.62. The van der Waals surface area contributed by atoms with E-state index in [0.29, 0.717) is 16.4 Å². The van der Waals surface area contributed by atoms with Crippen LogP contribution in [-0.4, -0.2) is 40.1 Å². The average molecular weight is 279 g/mol. The van der Waals surface area contributed by atoms with Gasteiger partial charge in [0.25, 0.3) is 0 Å². The quantitative estimate of drug-likeness (QED) is 0.565. The molecule has 2 nitrogen and oxygen atoms in total. The lowest BCUT2D eigenvalue weighted by Gasteiger charge is -2.64. The third-order valence-corrected chi connectivity index (χ3v) is 7.02. The Hall–Kier alpha value is -0.180. The molecule has 1 aliphatic heterocycles. The maximum atomic E-state index is 2.74. The normalized spacial score (nSPS) is 51.8. The van der Waals surface area contributed by atoms with Crippen molar-refractivity contribution >= 4 is 18.3 Å². The maximum absolute atomic E-state index is 2.74. The molecule has 0 aromatic carbocycles. The van der Waals surface area contributed by atoms with Crippen LogP contribution >= 0.6 is 11.9 Å². The van der Waals surface area contributed by atoms with Gasteiger partial charge in [0, 0.05) is 6.26 Å². The molecule has 3 heteroatoms. The van der Waals surface area contributed by atoms with Gasteiger partial charge in [-0.1, -0.05) is 13.8 Å². The molecule has 0 amide bonds. The Morgan fingerprint density at radius 2 is 1.79 bits per heavy atom. The van der Waals surface area contributed by atoms with Crippen LogP contribution in [0.1, 0.15) is 52.4 Å². The van der Waals surface area contributed by atoms with Crippen LogP contribution in [0.25, 0.3) is 0 Å². The fraction of sp³-hybridized carbons (Fsp3) is 0.938. The molecule has 4 fully saturated rings. The second-order valence-corrected chi connectivity index (χ2v) is 9.32. The van der Waals surface area contributed by atoms with Gasteiger partial charge in [0.2, 0.25) is 6.34 Å². The first-order valence-corrected chi connectivity index (χ1v) is 9.05. The zero-order valence-electron chi connectivity index (χ0n) is 12.6. The number of nitrogens with zero attached hydrogens (tertiary/aromatic N) is 2. The molecule has 1 heterocycles. The van der Waals surface area contributed by atoms with Gasteiger partial charge in [0.05, 0.1) is 11.9 Å². The maximum Gasteiger partial charge on any atom is 0.246 e. The van der Waals surface area contributed by atoms with Crippen LogP contribution in [0.4, 0.5) is 0 Å². The molecule has 4 aliphatic carbocycles. The van der Waals surface area contributed by atoms with Gasteiger partial charge in [0.1, 0.15) is 18.6 Å². The Kier molecular flexibility index (Phi) is 2.46. The Morgan fingerprint density at radius 3 is 2.32 bits per heavy atom. The summed E-state index contributed by atoms with van der Waals surface area (Å²) < 4.78 is 5.16. The van der Waals surface area contributed by atoms with Gasteiger partial charge in [-0.25, -0.2) is 4.31 Å². The topological polar surface area (TPSA) is 6.25 Å². The Bertz CT molecular complexity index is 426. The molecule has 0 aromatic heterocycles.